The van der Waals surface area contributed by atoms with Crippen LogP contribution in [0.15, 0.2) is 55.0 Å². The van der Waals surface area contributed by atoms with Crippen molar-refractivity contribution in [2.24, 2.45) is 0 Å². The molecule has 0 saturated carbocycles. The van der Waals surface area contributed by atoms with Crippen molar-refractivity contribution in [3.63, 3.8) is 0 Å². The molecule has 2 aromatic heterocycles. The summed E-state index contributed by atoms with van der Waals surface area (Å²) < 4.78 is 0. The molecule has 1 aliphatic rings. The van der Waals surface area contributed by atoms with Crippen LogP contribution >= 0.6 is 0 Å². The number of pyridine rings is 1. The molecule has 4 rings (SSSR count). The third-order valence-corrected chi connectivity index (χ3v) is 6.07. The first kappa shape index (κ1) is 21.0. The predicted molar refractivity (Wildman–Crippen MR) is 122 cm³/mol. The van der Waals surface area contributed by atoms with E-state index in [1.165, 1.54) is 5.56 Å². The van der Waals surface area contributed by atoms with E-state index in [4.69, 9.17) is 4.98 Å². The van der Waals surface area contributed by atoms with Crippen LogP contribution in [0.5, 0.6) is 0 Å². The van der Waals surface area contributed by atoms with E-state index in [2.05, 4.69) is 46.5 Å². The summed E-state index contributed by atoms with van der Waals surface area (Å²) in [6.45, 7) is 8.79. The van der Waals surface area contributed by atoms with E-state index in [9.17, 15) is 4.79 Å². The first-order chi connectivity index (χ1) is 14.9. The molecule has 0 radical (unpaired) electrons. The van der Waals surface area contributed by atoms with Crippen LogP contribution < -0.4 is 5.32 Å². The molecule has 6 heteroatoms. The van der Waals surface area contributed by atoms with E-state index in [1.54, 1.807) is 18.6 Å². The highest BCUT2D eigenvalue weighted by atomic mass is 16.2. The van der Waals surface area contributed by atoms with Crippen LogP contribution in [0, 0.1) is 13.8 Å². The van der Waals surface area contributed by atoms with Crippen LogP contribution in [0.1, 0.15) is 55.1 Å². The molecule has 31 heavy (non-hydrogen) atoms. The third kappa shape index (κ3) is 4.29. The minimum Gasteiger partial charge on any atom is -0.333 e. The topological polar surface area (TPSA) is 71.0 Å². The maximum Gasteiger partial charge on any atom is 0.233 e. The van der Waals surface area contributed by atoms with Crippen LogP contribution in [0.4, 0.5) is 11.6 Å². The van der Waals surface area contributed by atoms with E-state index >= 15 is 0 Å². The lowest BCUT2D eigenvalue weighted by atomic mass is 9.82. The molecule has 3 heterocycles. The summed E-state index contributed by atoms with van der Waals surface area (Å²) in [6, 6.07) is 12.1. The molecule has 1 fully saturated rings. The number of benzene rings is 1. The van der Waals surface area contributed by atoms with Crippen molar-refractivity contribution < 1.29 is 4.79 Å². The van der Waals surface area contributed by atoms with Crippen LogP contribution in [0.2, 0.25) is 0 Å². The highest BCUT2D eigenvalue weighted by Crippen LogP contribution is 2.36. The van der Waals surface area contributed by atoms with E-state index < -0.39 is 5.41 Å². The van der Waals surface area contributed by atoms with Crippen molar-refractivity contribution >= 4 is 17.5 Å². The Labute approximate surface area is 183 Å². The number of hydrogen-bond acceptors (Lipinski definition) is 5. The molecule has 0 bridgehead atoms. The summed E-state index contributed by atoms with van der Waals surface area (Å²) in [7, 11) is 0. The molecule has 1 aromatic carbocycles. The van der Waals surface area contributed by atoms with Crippen LogP contribution in [0.25, 0.3) is 0 Å². The van der Waals surface area contributed by atoms with Gasteiger partial charge in [-0.3, -0.25) is 9.78 Å². The Morgan fingerprint density at radius 3 is 2.65 bits per heavy atom. The summed E-state index contributed by atoms with van der Waals surface area (Å²) in [5.74, 6) is 1.52. The van der Waals surface area contributed by atoms with E-state index in [0.29, 0.717) is 5.82 Å². The average molecular weight is 416 g/mol. The lowest BCUT2D eigenvalue weighted by molar-refractivity contribution is -0.137. The van der Waals surface area contributed by atoms with Gasteiger partial charge in [-0.1, -0.05) is 35.9 Å². The first-order valence-corrected chi connectivity index (χ1v) is 10.7. The van der Waals surface area contributed by atoms with Gasteiger partial charge in [-0.2, -0.15) is 0 Å². The molecule has 6 nitrogen and oxygen atoms in total. The van der Waals surface area contributed by atoms with E-state index in [-0.39, 0.29) is 11.9 Å². The summed E-state index contributed by atoms with van der Waals surface area (Å²) in [5.41, 5.74) is 3.45. The zero-order valence-corrected chi connectivity index (χ0v) is 18.6. The van der Waals surface area contributed by atoms with Crippen molar-refractivity contribution in [1.29, 1.82) is 0 Å². The fourth-order valence-electron chi connectivity index (χ4n) is 4.11. The Morgan fingerprint density at radius 1 is 1.13 bits per heavy atom. The van der Waals surface area contributed by atoms with Crippen molar-refractivity contribution in [2.45, 2.75) is 52.0 Å². The molecule has 1 amide bonds. The molecular formula is C25H29N5O. The van der Waals surface area contributed by atoms with Crippen molar-refractivity contribution in [3.8, 4) is 0 Å². The molecular weight excluding hydrogens is 386 g/mol. The number of rotatable bonds is 5. The number of hydrogen-bond donors (Lipinski definition) is 1. The smallest absolute Gasteiger partial charge is 0.233 e. The number of nitrogens with zero attached hydrogens (tertiary/aromatic N) is 4. The molecule has 1 saturated heterocycles. The Kier molecular flexibility index (Phi) is 5.72. The number of amides is 1. The van der Waals surface area contributed by atoms with Gasteiger partial charge in [0.2, 0.25) is 5.91 Å². The number of aryl methyl sites for hydroxylation is 2. The molecule has 0 spiro atoms. The number of nitrogens with one attached hydrogen (secondary N) is 1. The monoisotopic (exact) mass is 415 g/mol. The molecule has 0 unspecified atom stereocenters. The summed E-state index contributed by atoms with van der Waals surface area (Å²) >= 11 is 0. The third-order valence-electron chi connectivity index (χ3n) is 6.07. The number of anilines is 2. The molecule has 1 N–H and O–H groups in total. The summed E-state index contributed by atoms with van der Waals surface area (Å²) in [6.07, 6.45) is 7.05. The highest BCUT2D eigenvalue weighted by Gasteiger charge is 2.40. The Morgan fingerprint density at radius 2 is 1.90 bits per heavy atom. The Balaban J connectivity index is 1.57. The van der Waals surface area contributed by atoms with Gasteiger partial charge in [0.05, 0.1) is 29.5 Å². The fraction of sp³-hybridized carbons (Fsp3) is 0.360. The maximum atomic E-state index is 13.6. The summed E-state index contributed by atoms with van der Waals surface area (Å²) in [5, 5.41) is 3.25. The van der Waals surface area contributed by atoms with Gasteiger partial charge >= 0.3 is 0 Å². The van der Waals surface area contributed by atoms with Gasteiger partial charge in [0.1, 0.15) is 11.6 Å². The normalized spacial score (nSPS) is 16.4. The largest absolute Gasteiger partial charge is 0.333 e. The number of likely N-dealkylation sites (tertiary alicyclic amines) is 1. The number of aromatic nitrogens is 3. The molecule has 160 valence electrons. The quantitative estimate of drug-likeness (QED) is 0.643. The second kappa shape index (κ2) is 8.46. The Bertz CT molecular complexity index is 1080. The second-order valence-corrected chi connectivity index (χ2v) is 8.77. The Hall–Kier alpha value is -3.28. The molecule has 3 aromatic rings. The highest BCUT2D eigenvalue weighted by molar-refractivity contribution is 5.88. The van der Waals surface area contributed by atoms with Crippen LogP contribution in [0.3, 0.4) is 0 Å². The molecule has 1 atom stereocenters. The van der Waals surface area contributed by atoms with Crippen LogP contribution in [-0.2, 0) is 10.2 Å². The van der Waals surface area contributed by atoms with Crippen molar-refractivity contribution in [3.05, 3.63) is 77.4 Å². The predicted octanol–water partition coefficient (Wildman–Crippen LogP) is 4.87. The summed E-state index contributed by atoms with van der Waals surface area (Å²) in [4.78, 5) is 29.1. The van der Waals surface area contributed by atoms with Gasteiger partial charge in [-0.15, -0.1) is 0 Å². The first-order valence-electron chi connectivity index (χ1n) is 10.7. The van der Waals surface area contributed by atoms with Crippen molar-refractivity contribution in [1.82, 2.24) is 19.9 Å². The van der Waals surface area contributed by atoms with Gasteiger partial charge in [0.25, 0.3) is 0 Å². The minimum atomic E-state index is -0.606. The zero-order valence-electron chi connectivity index (χ0n) is 18.6. The fourth-order valence-corrected chi connectivity index (χ4v) is 4.11. The minimum absolute atomic E-state index is 0.0729. The van der Waals surface area contributed by atoms with Crippen molar-refractivity contribution in [2.75, 3.05) is 11.9 Å². The SMILES string of the molecule is Cc1ccc(C(C)(C)C(=O)N2CCC[C@H]2c2cncc(Nc3ncccc3C)n2)cc1. The standard InChI is InChI=1S/C25H29N5O/c1-17-9-11-19(12-10-17)25(3,4)24(31)30-14-6-8-21(30)20-15-26-16-22(28-20)29-23-18(2)7-5-13-27-23/h5,7,9-13,15-16,21H,6,8,14H2,1-4H3,(H,27,28,29)/t21-/m0/s1. The molecule has 0 aliphatic carbocycles. The van der Waals surface area contributed by atoms with Gasteiger partial charge in [-0.25, -0.2) is 9.97 Å². The van der Waals surface area contributed by atoms with Gasteiger partial charge < -0.3 is 10.2 Å². The molecule has 1 aliphatic heterocycles. The lowest BCUT2D eigenvalue weighted by Gasteiger charge is -2.33. The van der Waals surface area contributed by atoms with Crippen LogP contribution in [-0.4, -0.2) is 32.3 Å². The second-order valence-electron chi connectivity index (χ2n) is 8.77. The number of carbonyl (C=O) groups excluding carboxylic acids is 1. The van der Waals surface area contributed by atoms with E-state index in [0.717, 1.165) is 42.0 Å². The van der Waals surface area contributed by atoms with Gasteiger partial charge in [0, 0.05) is 12.7 Å². The van der Waals surface area contributed by atoms with Gasteiger partial charge in [0.15, 0.2) is 0 Å². The lowest BCUT2D eigenvalue weighted by Crippen LogP contribution is -2.43. The number of carbonyl (C=O) groups is 1. The average Bonchev–Trinajstić information content (AvgIpc) is 3.25. The van der Waals surface area contributed by atoms with Gasteiger partial charge in [-0.05, 0) is 57.7 Å². The maximum absolute atomic E-state index is 13.6. The van der Waals surface area contributed by atoms with E-state index in [1.807, 2.05) is 37.8 Å². The zero-order chi connectivity index (χ0) is 22.0.